The Morgan fingerprint density at radius 3 is 2.56 bits per heavy atom. The number of hydrogen-bond acceptors (Lipinski definition) is 5. The van der Waals surface area contributed by atoms with Crippen LogP contribution in [0.3, 0.4) is 0 Å². The van der Waals surface area contributed by atoms with E-state index in [2.05, 4.69) is 30.9 Å². The van der Waals surface area contributed by atoms with Crippen molar-refractivity contribution < 1.29 is 9.47 Å². The number of halogens is 2. The zero-order valence-electron chi connectivity index (χ0n) is 9.65. The Labute approximate surface area is 117 Å². The molecule has 0 atom stereocenters. The van der Waals surface area contributed by atoms with Crippen LogP contribution in [0.25, 0.3) is 0 Å². The molecule has 0 aliphatic carbocycles. The highest BCUT2D eigenvalue weighted by Crippen LogP contribution is 2.26. The summed E-state index contributed by atoms with van der Waals surface area (Å²) in [7, 11) is 1.44. The van der Waals surface area contributed by atoms with E-state index in [1.165, 1.54) is 7.11 Å². The van der Waals surface area contributed by atoms with Gasteiger partial charge in [-0.15, -0.1) is 4.98 Å². The molecule has 2 aromatic rings. The van der Waals surface area contributed by atoms with Crippen molar-refractivity contribution >= 4 is 27.5 Å². The normalized spacial score (nSPS) is 10.2. The summed E-state index contributed by atoms with van der Waals surface area (Å²) in [6.45, 7) is 1.92. The molecule has 0 fully saturated rings. The first-order valence-electron chi connectivity index (χ1n) is 4.98. The van der Waals surface area contributed by atoms with Gasteiger partial charge in [0.15, 0.2) is 0 Å². The first kappa shape index (κ1) is 13.0. The summed E-state index contributed by atoms with van der Waals surface area (Å²) >= 11 is 9.11. The van der Waals surface area contributed by atoms with Gasteiger partial charge in [-0.1, -0.05) is 15.9 Å². The second-order valence-electron chi connectivity index (χ2n) is 3.39. The van der Waals surface area contributed by atoms with Gasteiger partial charge in [0.2, 0.25) is 5.28 Å². The third kappa shape index (κ3) is 3.08. The molecule has 7 heteroatoms. The van der Waals surface area contributed by atoms with Crippen LogP contribution in [-0.2, 0) is 0 Å². The average Bonchev–Trinajstić information content (AvgIpc) is 2.32. The molecule has 2 rings (SSSR count). The van der Waals surface area contributed by atoms with Crippen molar-refractivity contribution in [2.75, 3.05) is 7.11 Å². The minimum atomic E-state index is 0.0200. The van der Waals surface area contributed by atoms with Crippen molar-refractivity contribution in [3.8, 4) is 17.8 Å². The Kier molecular flexibility index (Phi) is 3.98. The van der Waals surface area contributed by atoms with Crippen molar-refractivity contribution in [1.29, 1.82) is 0 Å². The molecular formula is C11H9BrClN3O2. The van der Waals surface area contributed by atoms with Crippen LogP contribution in [-0.4, -0.2) is 22.1 Å². The maximum Gasteiger partial charge on any atom is 0.329 e. The first-order chi connectivity index (χ1) is 8.58. The molecule has 1 aromatic carbocycles. The maximum atomic E-state index is 5.73. The van der Waals surface area contributed by atoms with E-state index in [0.29, 0.717) is 5.75 Å². The quantitative estimate of drug-likeness (QED) is 0.863. The number of hydrogen-bond donors (Lipinski definition) is 0. The van der Waals surface area contributed by atoms with Crippen LogP contribution in [0.15, 0.2) is 22.7 Å². The SMILES string of the molecule is COc1nc(Cl)nc(Oc2ccc(Br)cc2C)n1. The van der Waals surface area contributed by atoms with Gasteiger partial charge in [-0.25, -0.2) is 0 Å². The summed E-state index contributed by atoms with van der Waals surface area (Å²) in [5, 5.41) is 0.0200. The molecule has 5 nitrogen and oxygen atoms in total. The largest absolute Gasteiger partial charge is 0.467 e. The molecule has 0 saturated carbocycles. The summed E-state index contributed by atoms with van der Waals surface area (Å²) in [4.78, 5) is 11.6. The Morgan fingerprint density at radius 1 is 1.17 bits per heavy atom. The lowest BCUT2D eigenvalue weighted by atomic mass is 10.2. The number of nitrogens with zero attached hydrogens (tertiary/aromatic N) is 3. The van der Waals surface area contributed by atoms with Crippen LogP contribution >= 0.6 is 27.5 Å². The van der Waals surface area contributed by atoms with Gasteiger partial charge in [-0.05, 0) is 42.3 Å². The lowest BCUT2D eigenvalue weighted by molar-refractivity contribution is 0.358. The predicted octanol–water partition coefficient (Wildman–Crippen LogP) is 3.40. The molecule has 0 radical (unpaired) electrons. The Bertz CT molecular complexity index is 580. The van der Waals surface area contributed by atoms with Crippen molar-refractivity contribution in [2.24, 2.45) is 0 Å². The Hall–Kier alpha value is -1.40. The van der Waals surface area contributed by atoms with Crippen LogP contribution in [0.2, 0.25) is 5.28 Å². The van der Waals surface area contributed by atoms with Gasteiger partial charge in [0, 0.05) is 4.47 Å². The standard InChI is InChI=1S/C11H9BrClN3O2/c1-6-5-7(12)3-4-8(6)18-11-15-9(13)14-10(16-11)17-2/h3-5H,1-2H3. The third-order valence-electron chi connectivity index (χ3n) is 2.09. The molecule has 0 amide bonds. The molecular weight excluding hydrogens is 321 g/mol. The maximum absolute atomic E-state index is 5.73. The lowest BCUT2D eigenvalue weighted by Gasteiger charge is -2.07. The summed E-state index contributed by atoms with van der Waals surface area (Å²) in [6.07, 6.45) is 0. The van der Waals surface area contributed by atoms with Gasteiger partial charge in [0.05, 0.1) is 7.11 Å². The van der Waals surface area contributed by atoms with E-state index in [1.54, 1.807) is 0 Å². The van der Waals surface area contributed by atoms with E-state index in [1.807, 2.05) is 25.1 Å². The van der Waals surface area contributed by atoms with Crippen LogP contribution < -0.4 is 9.47 Å². The molecule has 0 saturated heterocycles. The van der Waals surface area contributed by atoms with E-state index < -0.39 is 0 Å². The van der Waals surface area contributed by atoms with Gasteiger partial charge in [-0.3, -0.25) is 0 Å². The van der Waals surface area contributed by atoms with Crippen LogP contribution in [0.4, 0.5) is 0 Å². The topological polar surface area (TPSA) is 57.1 Å². The minimum Gasteiger partial charge on any atom is -0.467 e. The summed E-state index contributed by atoms with van der Waals surface area (Å²) < 4.78 is 11.4. The van der Waals surface area contributed by atoms with E-state index in [4.69, 9.17) is 21.1 Å². The van der Waals surface area contributed by atoms with Crippen LogP contribution in [0.5, 0.6) is 17.8 Å². The molecule has 0 aliphatic rings. The number of methoxy groups -OCH3 is 1. The van der Waals surface area contributed by atoms with Crippen molar-refractivity contribution in [1.82, 2.24) is 15.0 Å². The molecule has 94 valence electrons. The monoisotopic (exact) mass is 329 g/mol. The summed E-state index contributed by atoms with van der Waals surface area (Å²) in [5.74, 6) is 0.641. The molecule has 1 heterocycles. The smallest absolute Gasteiger partial charge is 0.329 e. The Morgan fingerprint density at radius 2 is 1.89 bits per heavy atom. The van der Waals surface area contributed by atoms with Gasteiger partial charge in [-0.2, -0.15) is 9.97 Å². The average molecular weight is 331 g/mol. The second-order valence-corrected chi connectivity index (χ2v) is 4.64. The number of ether oxygens (including phenoxy) is 2. The summed E-state index contributed by atoms with van der Waals surface area (Å²) in [5.41, 5.74) is 0.944. The fraction of sp³-hybridized carbons (Fsp3) is 0.182. The summed E-state index contributed by atoms with van der Waals surface area (Å²) in [6, 6.07) is 5.80. The molecule has 0 spiro atoms. The highest BCUT2D eigenvalue weighted by atomic mass is 79.9. The van der Waals surface area contributed by atoms with E-state index >= 15 is 0 Å². The zero-order chi connectivity index (χ0) is 13.1. The van der Waals surface area contributed by atoms with E-state index in [-0.39, 0.29) is 17.3 Å². The Balaban J connectivity index is 2.30. The first-order valence-corrected chi connectivity index (χ1v) is 6.15. The zero-order valence-corrected chi connectivity index (χ0v) is 12.0. The van der Waals surface area contributed by atoms with Gasteiger partial charge < -0.3 is 9.47 Å². The van der Waals surface area contributed by atoms with E-state index in [9.17, 15) is 0 Å². The molecule has 18 heavy (non-hydrogen) atoms. The molecule has 0 bridgehead atoms. The lowest BCUT2D eigenvalue weighted by Crippen LogP contribution is -1.99. The molecule has 0 aliphatic heterocycles. The van der Waals surface area contributed by atoms with Gasteiger partial charge in [0.25, 0.3) is 0 Å². The van der Waals surface area contributed by atoms with Crippen molar-refractivity contribution in [3.63, 3.8) is 0 Å². The van der Waals surface area contributed by atoms with Crippen LogP contribution in [0.1, 0.15) is 5.56 Å². The van der Waals surface area contributed by atoms with Crippen LogP contribution in [0, 0.1) is 6.92 Å². The molecule has 1 aromatic heterocycles. The third-order valence-corrected chi connectivity index (χ3v) is 2.75. The highest BCUT2D eigenvalue weighted by Gasteiger charge is 2.09. The fourth-order valence-electron chi connectivity index (χ4n) is 1.28. The highest BCUT2D eigenvalue weighted by molar-refractivity contribution is 9.10. The minimum absolute atomic E-state index is 0.0200. The fourth-order valence-corrected chi connectivity index (χ4v) is 1.90. The van der Waals surface area contributed by atoms with Gasteiger partial charge in [0.1, 0.15) is 5.75 Å². The van der Waals surface area contributed by atoms with Gasteiger partial charge >= 0.3 is 12.0 Å². The molecule has 0 unspecified atom stereocenters. The number of benzene rings is 1. The number of aryl methyl sites for hydroxylation is 1. The molecule has 0 N–H and O–H groups in total. The second kappa shape index (κ2) is 5.49. The van der Waals surface area contributed by atoms with E-state index in [0.717, 1.165) is 10.0 Å². The predicted molar refractivity (Wildman–Crippen MR) is 70.3 cm³/mol. The van der Waals surface area contributed by atoms with Crippen molar-refractivity contribution in [3.05, 3.63) is 33.5 Å². The van der Waals surface area contributed by atoms with Crippen molar-refractivity contribution in [2.45, 2.75) is 6.92 Å². The number of rotatable bonds is 3. The number of aromatic nitrogens is 3.